The molecule has 0 bridgehead atoms. The Hall–Kier alpha value is -1.36. The molecule has 1 heterocycles. The van der Waals surface area contributed by atoms with Crippen LogP contribution in [-0.4, -0.2) is 34.7 Å². The summed E-state index contributed by atoms with van der Waals surface area (Å²) in [5, 5.41) is 9.72. The third-order valence-corrected chi connectivity index (χ3v) is 3.21. The molecule has 0 fully saturated rings. The van der Waals surface area contributed by atoms with Crippen molar-refractivity contribution in [1.29, 1.82) is 0 Å². The van der Waals surface area contributed by atoms with Gasteiger partial charge in [0, 0.05) is 17.1 Å². The Bertz CT molecular complexity index is 536. The van der Waals surface area contributed by atoms with Crippen LogP contribution in [0.2, 0.25) is 5.02 Å². The highest BCUT2D eigenvalue weighted by Crippen LogP contribution is 2.23. The molecule has 0 radical (unpaired) electrons. The smallest absolute Gasteiger partial charge is 0.209 e. The fourth-order valence-electron chi connectivity index (χ4n) is 2.08. The molecule has 0 aliphatic heterocycles. The van der Waals surface area contributed by atoms with Crippen molar-refractivity contribution >= 4 is 11.6 Å². The zero-order valence-electron chi connectivity index (χ0n) is 11.6. The lowest BCUT2D eigenvalue weighted by Crippen LogP contribution is -2.27. The quantitative estimate of drug-likeness (QED) is 0.852. The van der Waals surface area contributed by atoms with Crippen LogP contribution in [0.25, 0.3) is 11.3 Å². The number of hydrogen-bond donors (Lipinski definition) is 1. The van der Waals surface area contributed by atoms with Crippen molar-refractivity contribution in [2.45, 2.75) is 19.9 Å². The number of hydrogen-bond acceptors (Lipinski definition) is 4. The molecule has 5 heteroatoms. The Morgan fingerprint density at radius 3 is 2.90 bits per heavy atom. The van der Waals surface area contributed by atoms with E-state index in [-0.39, 0.29) is 6.61 Å². The van der Waals surface area contributed by atoms with E-state index in [2.05, 4.69) is 16.8 Å². The van der Waals surface area contributed by atoms with Crippen LogP contribution in [0.5, 0.6) is 0 Å². The van der Waals surface area contributed by atoms with E-state index < -0.39 is 0 Å². The summed E-state index contributed by atoms with van der Waals surface area (Å²) in [5.74, 6) is 1.37. The van der Waals surface area contributed by atoms with E-state index in [1.165, 1.54) is 0 Å². The summed E-state index contributed by atoms with van der Waals surface area (Å²) in [6.07, 6.45) is 2.74. The SMILES string of the molecule is CCCN(CCO)Cc1ncc(-c2cccc(Cl)c2)o1. The Morgan fingerprint density at radius 1 is 1.35 bits per heavy atom. The topological polar surface area (TPSA) is 49.5 Å². The Kier molecular flexibility index (Phi) is 5.59. The first-order valence-electron chi connectivity index (χ1n) is 6.76. The van der Waals surface area contributed by atoms with Gasteiger partial charge in [0.05, 0.1) is 19.3 Å². The third kappa shape index (κ3) is 4.07. The maximum absolute atomic E-state index is 9.05. The molecule has 1 aromatic carbocycles. The maximum Gasteiger partial charge on any atom is 0.209 e. The zero-order valence-corrected chi connectivity index (χ0v) is 12.3. The zero-order chi connectivity index (χ0) is 14.4. The van der Waals surface area contributed by atoms with Gasteiger partial charge in [-0.05, 0) is 25.1 Å². The predicted molar refractivity (Wildman–Crippen MR) is 79.6 cm³/mol. The number of benzene rings is 1. The largest absolute Gasteiger partial charge is 0.439 e. The molecule has 0 amide bonds. The van der Waals surface area contributed by atoms with Crippen LogP contribution in [-0.2, 0) is 6.54 Å². The Balaban J connectivity index is 2.08. The average molecular weight is 295 g/mol. The monoisotopic (exact) mass is 294 g/mol. The first-order valence-corrected chi connectivity index (χ1v) is 7.14. The fourth-order valence-corrected chi connectivity index (χ4v) is 2.27. The summed E-state index contributed by atoms with van der Waals surface area (Å²) < 4.78 is 5.75. The van der Waals surface area contributed by atoms with E-state index in [0.29, 0.717) is 29.8 Å². The number of aromatic nitrogens is 1. The van der Waals surface area contributed by atoms with Crippen molar-refractivity contribution in [3.8, 4) is 11.3 Å². The van der Waals surface area contributed by atoms with E-state index in [0.717, 1.165) is 18.5 Å². The highest BCUT2D eigenvalue weighted by atomic mass is 35.5. The summed E-state index contributed by atoms with van der Waals surface area (Å²) in [7, 11) is 0. The minimum Gasteiger partial charge on any atom is -0.439 e. The van der Waals surface area contributed by atoms with Crippen LogP contribution in [0.3, 0.4) is 0 Å². The van der Waals surface area contributed by atoms with Crippen LogP contribution in [0.4, 0.5) is 0 Å². The van der Waals surface area contributed by atoms with Gasteiger partial charge in [-0.2, -0.15) is 0 Å². The molecular formula is C15H19ClN2O2. The second-order valence-electron chi connectivity index (χ2n) is 4.63. The lowest BCUT2D eigenvalue weighted by Gasteiger charge is -2.18. The Labute approximate surface area is 124 Å². The minimum absolute atomic E-state index is 0.141. The van der Waals surface area contributed by atoms with Crippen LogP contribution in [0.15, 0.2) is 34.9 Å². The van der Waals surface area contributed by atoms with Gasteiger partial charge in [0.25, 0.3) is 0 Å². The summed E-state index contributed by atoms with van der Waals surface area (Å²) in [6.45, 7) is 4.40. The van der Waals surface area contributed by atoms with Crippen molar-refractivity contribution in [2.24, 2.45) is 0 Å². The lowest BCUT2D eigenvalue weighted by atomic mass is 10.2. The van der Waals surface area contributed by atoms with E-state index in [1.54, 1.807) is 6.20 Å². The molecule has 4 nitrogen and oxygen atoms in total. The molecule has 2 aromatic rings. The van der Waals surface area contributed by atoms with Crippen molar-refractivity contribution in [1.82, 2.24) is 9.88 Å². The molecule has 1 aromatic heterocycles. The van der Waals surface area contributed by atoms with Crippen molar-refractivity contribution in [2.75, 3.05) is 19.7 Å². The second-order valence-corrected chi connectivity index (χ2v) is 5.06. The van der Waals surface area contributed by atoms with E-state index in [1.807, 2.05) is 24.3 Å². The maximum atomic E-state index is 9.05. The number of rotatable bonds is 7. The highest BCUT2D eigenvalue weighted by Gasteiger charge is 2.11. The van der Waals surface area contributed by atoms with Crippen LogP contribution >= 0.6 is 11.6 Å². The van der Waals surface area contributed by atoms with Gasteiger partial charge in [-0.25, -0.2) is 4.98 Å². The highest BCUT2D eigenvalue weighted by molar-refractivity contribution is 6.30. The Morgan fingerprint density at radius 2 is 2.20 bits per heavy atom. The summed E-state index contributed by atoms with van der Waals surface area (Å²) >= 11 is 5.97. The van der Waals surface area contributed by atoms with Crippen molar-refractivity contribution < 1.29 is 9.52 Å². The molecule has 0 saturated carbocycles. The molecule has 0 atom stereocenters. The molecule has 0 aliphatic rings. The van der Waals surface area contributed by atoms with Gasteiger partial charge < -0.3 is 9.52 Å². The van der Waals surface area contributed by atoms with Gasteiger partial charge in [-0.1, -0.05) is 30.7 Å². The van der Waals surface area contributed by atoms with Gasteiger partial charge in [0.1, 0.15) is 0 Å². The van der Waals surface area contributed by atoms with Gasteiger partial charge in [0.2, 0.25) is 5.89 Å². The normalized spacial score (nSPS) is 11.2. The molecular weight excluding hydrogens is 276 g/mol. The standard InChI is InChI=1S/C15H19ClN2O2/c1-2-6-18(7-8-19)11-15-17-10-14(20-15)12-4-3-5-13(16)9-12/h3-5,9-10,19H,2,6-8,11H2,1H3. The first-order chi connectivity index (χ1) is 9.72. The van der Waals surface area contributed by atoms with Crippen LogP contribution in [0, 0.1) is 0 Å². The molecule has 0 spiro atoms. The van der Waals surface area contributed by atoms with Crippen molar-refractivity contribution in [3.63, 3.8) is 0 Å². The average Bonchev–Trinajstić information content (AvgIpc) is 2.88. The molecule has 20 heavy (non-hydrogen) atoms. The number of oxazole rings is 1. The third-order valence-electron chi connectivity index (χ3n) is 2.98. The first kappa shape index (κ1) is 15.0. The molecule has 108 valence electrons. The minimum atomic E-state index is 0.141. The van der Waals surface area contributed by atoms with Gasteiger partial charge in [-0.15, -0.1) is 0 Å². The van der Waals surface area contributed by atoms with Gasteiger partial charge >= 0.3 is 0 Å². The van der Waals surface area contributed by atoms with Gasteiger partial charge in [0.15, 0.2) is 5.76 Å². The van der Waals surface area contributed by atoms with E-state index >= 15 is 0 Å². The molecule has 0 aliphatic carbocycles. The molecule has 2 rings (SSSR count). The molecule has 1 N–H and O–H groups in total. The number of aliphatic hydroxyl groups excluding tert-OH is 1. The van der Waals surface area contributed by atoms with Crippen molar-refractivity contribution in [3.05, 3.63) is 41.4 Å². The number of nitrogens with zero attached hydrogens (tertiary/aromatic N) is 2. The van der Waals surface area contributed by atoms with E-state index in [4.69, 9.17) is 21.1 Å². The van der Waals surface area contributed by atoms with Gasteiger partial charge in [-0.3, -0.25) is 4.90 Å². The fraction of sp³-hybridized carbons (Fsp3) is 0.400. The summed E-state index contributed by atoms with van der Waals surface area (Å²) in [6, 6.07) is 7.50. The van der Waals surface area contributed by atoms with Crippen LogP contribution < -0.4 is 0 Å². The molecule has 0 saturated heterocycles. The number of halogens is 1. The number of aliphatic hydroxyl groups is 1. The summed E-state index contributed by atoms with van der Waals surface area (Å²) in [4.78, 5) is 6.41. The second kappa shape index (κ2) is 7.43. The van der Waals surface area contributed by atoms with E-state index in [9.17, 15) is 0 Å². The van der Waals surface area contributed by atoms with Crippen LogP contribution in [0.1, 0.15) is 19.2 Å². The lowest BCUT2D eigenvalue weighted by molar-refractivity contribution is 0.179. The molecule has 0 unspecified atom stereocenters. The summed E-state index contributed by atoms with van der Waals surface area (Å²) in [5.41, 5.74) is 0.917. The predicted octanol–water partition coefficient (Wildman–Crippen LogP) is 3.20.